The average molecular weight is 139 g/mol. The first-order chi connectivity index (χ1) is 4.70. The Morgan fingerprint density at radius 3 is 2.70 bits per heavy atom. The smallest absolute Gasteiger partial charge is 0.321 e. The zero-order valence-electron chi connectivity index (χ0n) is 5.58. The highest BCUT2D eigenvalue weighted by Crippen LogP contribution is 1.87. The van der Waals surface area contributed by atoms with Crippen LogP contribution >= 0.6 is 0 Å². The van der Waals surface area contributed by atoms with E-state index in [-0.39, 0.29) is 0 Å². The Bertz CT molecular complexity index is 211. The second-order valence-electron chi connectivity index (χ2n) is 2.09. The summed E-state index contributed by atoms with van der Waals surface area (Å²) in [7, 11) is 0. The number of nitrogens with zero attached hydrogens (tertiary/aromatic N) is 1. The molecule has 0 fully saturated rings. The van der Waals surface area contributed by atoms with Crippen LogP contribution in [0.1, 0.15) is 0 Å². The molecule has 0 radical (unpaired) electrons. The van der Waals surface area contributed by atoms with E-state index in [1.807, 2.05) is 0 Å². The van der Waals surface area contributed by atoms with Crippen molar-refractivity contribution in [1.29, 1.82) is 0 Å². The molecule has 2 nitrogen and oxygen atoms in total. The molecule has 0 aliphatic heterocycles. The zero-order valence-corrected chi connectivity index (χ0v) is 5.58. The normalized spacial score (nSPS) is 9.50. The first-order valence-corrected chi connectivity index (χ1v) is 2.99. The summed E-state index contributed by atoms with van der Waals surface area (Å²) in [6.07, 6.45) is 1.32. The molecule has 0 atom stereocenters. The molecule has 0 unspecified atom stereocenters. The molecule has 1 heterocycles. The van der Waals surface area contributed by atoms with Gasteiger partial charge in [0.05, 0.1) is 0 Å². The van der Waals surface area contributed by atoms with Crippen LogP contribution in [0, 0.1) is 5.95 Å². The molecule has 0 saturated carbocycles. The Labute approximate surface area is 58.8 Å². The van der Waals surface area contributed by atoms with Gasteiger partial charge in [0.1, 0.15) is 0 Å². The number of hydrogen-bond acceptors (Lipinski definition) is 2. The molecule has 0 amide bonds. The Kier molecular flexibility index (Phi) is 2.01. The molecule has 10 heavy (non-hydrogen) atoms. The van der Waals surface area contributed by atoms with Crippen molar-refractivity contribution in [2.24, 2.45) is 0 Å². The summed E-state index contributed by atoms with van der Waals surface area (Å²) in [4.78, 5) is 3.37. The van der Waals surface area contributed by atoms with Gasteiger partial charge in [0.15, 0.2) is 0 Å². The Balaban J connectivity index is 2.89. The number of pyridine rings is 1. The van der Waals surface area contributed by atoms with E-state index in [1.54, 1.807) is 6.82 Å². The van der Waals surface area contributed by atoms with Crippen LogP contribution in [-0.4, -0.2) is 16.9 Å². The van der Waals surface area contributed by atoms with E-state index < -0.39 is 12.9 Å². The molecule has 0 saturated heterocycles. The minimum absolute atomic E-state index is 0.524. The van der Waals surface area contributed by atoms with Crippen molar-refractivity contribution in [3.63, 3.8) is 0 Å². The van der Waals surface area contributed by atoms with Gasteiger partial charge < -0.3 is 5.02 Å². The molecule has 52 valence electrons. The maximum absolute atomic E-state index is 12.2. The fourth-order valence-electron chi connectivity index (χ4n) is 0.634. The largest absolute Gasteiger partial charge is 0.446 e. The Hall–Kier alpha value is -0.895. The topological polar surface area (TPSA) is 33.1 Å². The van der Waals surface area contributed by atoms with Crippen molar-refractivity contribution in [3.05, 3.63) is 24.3 Å². The van der Waals surface area contributed by atoms with Gasteiger partial charge in [-0.2, -0.15) is 4.39 Å². The Morgan fingerprint density at radius 2 is 2.30 bits per heavy atom. The van der Waals surface area contributed by atoms with Crippen molar-refractivity contribution < 1.29 is 9.41 Å². The summed E-state index contributed by atoms with van der Waals surface area (Å²) >= 11 is 0. The van der Waals surface area contributed by atoms with Crippen molar-refractivity contribution in [2.45, 2.75) is 6.82 Å². The van der Waals surface area contributed by atoms with E-state index in [0.29, 0.717) is 5.46 Å². The molecule has 0 bridgehead atoms. The maximum atomic E-state index is 12.2. The predicted molar refractivity (Wildman–Crippen MR) is 37.7 cm³/mol. The standard InChI is InChI=1S/C6H7BFNO/c1-7(10)5-2-3-6(8)9-4-5/h2-4,10H,1H3. The summed E-state index contributed by atoms with van der Waals surface area (Å²) in [5, 5.41) is 8.95. The molecular formula is C6H7BFNO. The van der Waals surface area contributed by atoms with Crippen LogP contribution in [0.3, 0.4) is 0 Å². The lowest BCUT2D eigenvalue weighted by Crippen LogP contribution is -2.26. The summed E-state index contributed by atoms with van der Waals surface area (Å²) in [5.41, 5.74) is 0.626. The van der Waals surface area contributed by atoms with E-state index >= 15 is 0 Å². The first-order valence-electron chi connectivity index (χ1n) is 2.99. The summed E-state index contributed by atoms with van der Waals surface area (Å²) in [5.74, 6) is -0.524. The number of hydrogen-bond donors (Lipinski definition) is 1. The minimum Gasteiger partial charge on any atom is -0.446 e. The summed E-state index contributed by atoms with van der Waals surface area (Å²) in [6.45, 7) is 1.03. The SMILES string of the molecule is CB(O)c1ccc(F)nc1. The molecule has 4 heteroatoms. The molecule has 1 aromatic rings. The summed E-state index contributed by atoms with van der Waals surface area (Å²) < 4.78 is 12.2. The summed E-state index contributed by atoms with van der Waals surface area (Å²) in [6, 6.07) is 2.73. The average Bonchev–Trinajstić information content (AvgIpc) is 1.88. The quantitative estimate of drug-likeness (QED) is 0.440. The van der Waals surface area contributed by atoms with E-state index in [2.05, 4.69) is 4.98 Å². The van der Waals surface area contributed by atoms with Crippen molar-refractivity contribution in [2.75, 3.05) is 0 Å². The van der Waals surface area contributed by atoms with Gasteiger partial charge in [-0.05, 0) is 11.5 Å². The zero-order chi connectivity index (χ0) is 7.56. The molecule has 1 rings (SSSR count). The van der Waals surface area contributed by atoms with Gasteiger partial charge >= 0.3 is 6.92 Å². The molecule has 0 aromatic carbocycles. The second-order valence-corrected chi connectivity index (χ2v) is 2.09. The third-order valence-corrected chi connectivity index (χ3v) is 1.23. The van der Waals surface area contributed by atoms with Crippen LogP contribution in [0.4, 0.5) is 4.39 Å². The molecule has 1 aromatic heterocycles. The molecule has 0 spiro atoms. The van der Waals surface area contributed by atoms with Gasteiger partial charge in [-0.15, -0.1) is 0 Å². The highest BCUT2D eigenvalue weighted by atomic mass is 19.1. The van der Waals surface area contributed by atoms with Gasteiger partial charge in [0, 0.05) is 6.20 Å². The number of rotatable bonds is 1. The van der Waals surface area contributed by atoms with E-state index in [9.17, 15) is 4.39 Å². The van der Waals surface area contributed by atoms with Crippen LogP contribution in [0.15, 0.2) is 18.3 Å². The van der Waals surface area contributed by atoms with Crippen molar-refractivity contribution >= 4 is 12.4 Å². The highest BCUT2D eigenvalue weighted by Gasteiger charge is 2.05. The van der Waals surface area contributed by atoms with Crippen LogP contribution < -0.4 is 5.46 Å². The molecule has 0 aliphatic rings. The van der Waals surface area contributed by atoms with Crippen LogP contribution in [0.2, 0.25) is 6.82 Å². The lowest BCUT2D eigenvalue weighted by atomic mass is 9.65. The molecular weight excluding hydrogens is 132 g/mol. The second kappa shape index (κ2) is 2.79. The lowest BCUT2D eigenvalue weighted by Gasteiger charge is -1.96. The molecule has 1 N–H and O–H groups in total. The van der Waals surface area contributed by atoms with Crippen LogP contribution in [0.25, 0.3) is 0 Å². The Morgan fingerprint density at radius 1 is 1.60 bits per heavy atom. The van der Waals surface area contributed by atoms with E-state index in [1.165, 1.54) is 18.3 Å². The first kappa shape index (κ1) is 7.21. The fraction of sp³-hybridized carbons (Fsp3) is 0.167. The highest BCUT2D eigenvalue weighted by molar-refractivity contribution is 6.64. The lowest BCUT2D eigenvalue weighted by molar-refractivity contribution is 0.581. The molecule has 0 aliphatic carbocycles. The van der Waals surface area contributed by atoms with Gasteiger partial charge in [-0.3, -0.25) is 0 Å². The van der Waals surface area contributed by atoms with E-state index in [4.69, 9.17) is 5.02 Å². The van der Waals surface area contributed by atoms with Crippen molar-refractivity contribution in [3.8, 4) is 0 Å². The maximum Gasteiger partial charge on any atom is 0.321 e. The number of aromatic nitrogens is 1. The van der Waals surface area contributed by atoms with Crippen LogP contribution in [0.5, 0.6) is 0 Å². The van der Waals surface area contributed by atoms with Gasteiger partial charge in [0.25, 0.3) is 0 Å². The van der Waals surface area contributed by atoms with Gasteiger partial charge in [-0.1, -0.05) is 12.9 Å². The van der Waals surface area contributed by atoms with Crippen molar-refractivity contribution in [1.82, 2.24) is 4.98 Å². The third kappa shape index (κ3) is 1.54. The van der Waals surface area contributed by atoms with Crippen LogP contribution in [-0.2, 0) is 0 Å². The monoisotopic (exact) mass is 139 g/mol. The predicted octanol–water partition coefficient (Wildman–Crippen LogP) is 0.0413. The van der Waals surface area contributed by atoms with Gasteiger partial charge in [-0.25, -0.2) is 4.98 Å². The van der Waals surface area contributed by atoms with E-state index in [0.717, 1.165) is 0 Å². The fourth-order valence-corrected chi connectivity index (χ4v) is 0.634. The van der Waals surface area contributed by atoms with Gasteiger partial charge in [0.2, 0.25) is 5.95 Å². The minimum atomic E-state index is -0.576. The number of halogens is 1. The third-order valence-electron chi connectivity index (χ3n) is 1.23.